The van der Waals surface area contributed by atoms with Crippen LogP contribution in [0.4, 0.5) is 5.69 Å². The van der Waals surface area contributed by atoms with E-state index < -0.39 is 0 Å². The van der Waals surface area contributed by atoms with Crippen molar-refractivity contribution in [3.63, 3.8) is 0 Å². The van der Waals surface area contributed by atoms with Crippen molar-refractivity contribution in [2.45, 2.75) is 26.3 Å². The summed E-state index contributed by atoms with van der Waals surface area (Å²) in [5.41, 5.74) is 1.44. The molecule has 0 radical (unpaired) electrons. The summed E-state index contributed by atoms with van der Waals surface area (Å²) in [6, 6.07) is 7.25. The van der Waals surface area contributed by atoms with E-state index in [1.807, 2.05) is 32.9 Å². The Hall–Kier alpha value is -1.62. The number of nitrogens with one attached hydrogen (secondary N) is 2. The molecule has 0 aliphatic rings. The highest BCUT2D eigenvalue weighted by Gasteiger charge is 2.11. The molecule has 0 saturated carbocycles. The van der Waals surface area contributed by atoms with Gasteiger partial charge in [-0.3, -0.25) is 4.79 Å². The number of nitrogens with zero attached hydrogens (tertiary/aromatic N) is 1. The van der Waals surface area contributed by atoms with E-state index in [1.165, 1.54) is 0 Å². The van der Waals surface area contributed by atoms with Gasteiger partial charge in [0.15, 0.2) is 5.11 Å². The van der Waals surface area contributed by atoms with Crippen molar-refractivity contribution in [3.8, 4) is 0 Å². The third kappa shape index (κ3) is 5.26. The van der Waals surface area contributed by atoms with Gasteiger partial charge in [0.1, 0.15) is 0 Å². The Kier molecular flexibility index (Phi) is 4.89. The Morgan fingerprint density at radius 1 is 1.16 bits per heavy atom. The monoisotopic (exact) mass is 279 g/mol. The molecule has 0 aliphatic carbocycles. The second-order valence-corrected chi connectivity index (χ2v) is 6.01. The minimum absolute atomic E-state index is 0.0121. The number of rotatable bonds is 2. The summed E-state index contributed by atoms with van der Waals surface area (Å²) in [6.07, 6.45) is 0. The summed E-state index contributed by atoms with van der Waals surface area (Å²) < 4.78 is 0. The largest absolute Gasteiger partial charge is 0.358 e. The lowest BCUT2D eigenvalue weighted by Crippen LogP contribution is -2.42. The smallest absolute Gasteiger partial charge is 0.253 e. The zero-order valence-electron chi connectivity index (χ0n) is 12.1. The third-order valence-electron chi connectivity index (χ3n) is 2.28. The number of carbonyl (C=O) groups excluding carboxylic acids is 1. The molecule has 0 heterocycles. The van der Waals surface area contributed by atoms with Gasteiger partial charge in [-0.05, 0) is 57.3 Å². The molecule has 0 saturated heterocycles. The van der Waals surface area contributed by atoms with Gasteiger partial charge in [0, 0.05) is 30.9 Å². The first-order chi connectivity index (χ1) is 8.69. The van der Waals surface area contributed by atoms with Crippen LogP contribution in [0.3, 0.4) is 0 Å². The molecule has 1 rings (SSSR count). The number of anilines is 1. The van der Waals surface area contributed by atoms with E-state index in [2.05, 4.69) is 10.6 Å². The summed E-state index contributed by atoms with van der Waals surface area (Å²) in [5, 5.41) is 6.83. The quantitative estimate of drug-likeness (QED) is 0.816. The number of hydrogen-bond acceptors (Lipinski definition) is 2. The van der Waals surface area contributed by atoms with Gasteiger partial charge in [0.25, 0.3) is 5.91 Å². The van der Waals surface area contributed by atoms with E-state index in [0.717, 1.165) is 5.69 Å². The van der Waals surface area contributed by atoms with Crippen molar-refractivity contribution >= 4 is 28.9 Å². The Balaban J connectivity index is 2.67. The lowest BCUT2D eigenvalue weighted by atomic mass is 10.1. The maximum Gasteiger partial charge on any atom is 0.253 e. The van der Waals surface area contributed by atoms with Crippen molar-refractivity contribution in [1.82, 2.24) is 10.2 Å². The summed E-state index contributed by atoms with van der Waals surface area (Å²) in [4.78, 5) is 13.3. The van der Waals surface area contributed by atoms with E-state index in [9.17, 15) is 4.79 Å². The second kappa shape index (κ2) is 6.02. The van der Waals surface area contributed by atoms with Gasteiger partial charge in [-0.15, -0.1) is 0 Å². The van der Waals surface area contributed by atoms with Gasteiger partial charge in [0.05, 0.1) is 0 Å². The number of benzene rings is 1. The molecule has 19 heavy (non-hydrogen) atoms. The van der Waals surface area contributed by atoms with Crippen molar-refractivity contribution in [2.24, 2.45) is 0 Å². The van der Waals surface area contributed by atoms with Crippen LogP contribution < -0.4 is 10.6 Å². The molecule has 104 valence electrons. The Morgan fingerprint density at radius 3 is 2.11 bits per heavy atom. The van der Waals surface area contributed by atoms with E-state index in [4.69, 9.17) is 12.2 Å². The van der Waals surface area contributed by atoms with Crippen molar-refractivity contribution in [3.05, 3.63) is 29.8 Å². The number of thiocarbonyl (C=S) groups is 1. The Bertz CT molecular complexity index is 461. The highest BCUT2D eigenvalue weighted by Crippen LogP contribution is 2.11. The van der Waals surface area contributed by atoms with Crippen LogP contribution in [0.5, 0.6) is 0 Å². The van der Waals surface area contributed by atoms with E-state index in [-0.39, 0.29) is 11.4 Å². The zero-order valence-corrected chi connectivity index (χ0v) is 12.9. The molecule has 0 bridgehead atoms. The predicted molar refractivity (Wildman–Crippen MR) is 83.6 cm³/mol. The number of amides is 1. The minimum Gasteiger partial charge on any atom is -0.358 e. The first-order valence-electron chi connectivity index (χ1n) is 6.10. The first kappa shape index (κ1) is 15.4. The van der Waals surface area contributed by atoms with Crippen LogP contribution in [0.2, 0.25) is 0 Å². The highest BCUT2D eigenvalue weighted by atomic mass is 32.1. The van der Waals surface area contributed by atoms with Crippen molar-refractivity contribution < 1.29 is 4.79 Å². The van der Waals surface area contributed by atoms with Crippen LogP contribution in [0.15, 0.2) is 24.3 Å². The van der Waals surface area contributed by atoms with Crippen LogP contribution in [0.1, 0.15) is 31.1 Å². The van der Waals surface area contributed by atoms with Crippen molar-refractivity contribution in [2.75, 3.05) is 19.4 Å². The predicted octanol–water partition coefficient (Wildman–Crippen LogP) is 2.47. The number of hydrogen-bond donors (Lipinski definition) is 2. The van der Waals surface area contributed by atoms with Crippen LogP contribution in [0, 0.1) is 0 Å². The molecule has 0 spiro atoms. The molecule has 0 aliphatic heterocycles. The molecule has 1 amide bonds. The van der Waals surface area contributed by atoms with Gasteiger partial charge in [0.2, 0.25) is 0 Å². The summed E-state index contributed by atoms with van der Waals surface area (Å²) in [7, 11) is 3.47. The average molecular weight is 279 g/mol. The molecule has 4 nitrogen and oxygen atoms in total. The van der Waals surface area contributed by atoms with E-state index in [0.29, 0.717) is 10.7 Å². The zero-order chi connectivity index (χ0) is 14.6. The fourth-order valence-electron chi connectivity index (χ4n) is 1.46. The lowest BCUT2D eigenvalue weighted by Gasteiger charge is -2.23. The topological polar surface area (TPSA) is 44.4 Å². The van der Waals surface area contributed by atoms with Gasteiger partial charge in [-0.2, -0.15) is 0 Å². The molecule has 2 N–H and O–H groups in total. The van der Waals surface area contributed by atoms with Gasteiger partial charge in [-0.25, -0.2) is 0 Å². The van der Waals surface area contributed by atoms with Crippen LogP contribution in [0.25, 0.3) is 0 Å². The normalized spacial score (nSPS) is 10.8. The van der Waals surface area contributed by atoms with E-state index >= 15 is 0 Å². The van der Waals surface area contributed by atoms with Crippen LogP contribution >= 0.6 is 12.2 Å². The molecule has 1 aromatic carbocycles. The van der Waals surface area contributed by atoms with Gasteiger partial charge < -0.3 is 15.5 Å². The standard InChI is InChI=1S/C14H21N3OS/c1-14(2,3)16-13(19)15-11-8-6-10(7-9-11)12(18)17(4)5/h6-9H,1-5H3,(H2,15,16,19). The SMILES string of the molecule is CN(C)C(=O)c1ccc(NC(=S)NC(C)(C)C)cc1. The molecule has 5 heteroatoms. The second-order valence-electron chi connectivity index (χ2n) is 5.61. The van der Waals surface area contributed by atoms with E-state index in [1.54, 1.807) is 31.1 Å². The molecular weight excluding hydrogens is 258 g/mol. The molecule has 0 fully saturated rings. The first-order valence-corrected chi connectivity index (χ1v) is 6.51. The summed E-state index contributed by atoms with van der Waals surface area (Å²) >= 11 is 5.21. The Morgan fingerprint density at radius 2 is 1.68 bits per heavy atom. The number of carbonyl (C=O) groups is 1. The summed E-state index contributed by atoms with van der Waals surface area (Å²) in [6.45, 7) is 6.12. The molecule has 0 atom stereocenters. The molecule has 0 aromatic heterocycles. The van der Waals surface area contributed by atoms with Crippen LogP contribution in [-0.2, 0) is 0 Å². The fraction of sp³-hybridized carbons (Fsp3) is 0.429. The minimum atomic E-state index is -0.0785. The Labute approximate surface area is 120 Å². The molecule has 0 unspecified atom stereocenters. The third-order valence-corrected chi connectivity index (χ3v) is 2.49. The van der Waals surface area contributed by atoms with Gasteiger partial charge >= 0.3 is 0 Å². The molecular formula is C14H21N3OS. The summed E-state index contributed by atoms with van der Waals surface area (Å²) in [5.74, 6) is -0.0121. The average Bonchev–Trinajstić information content (AvgIpc) is 2.26. The highest BCUT2D eigenvalue weighted by molar-refractivity contribution is 7.80. The fourth-order valence-corrected chi connectivity index (χ4v) is 1.88. The molecule has 1 aromatic rings. The maximum atomic E-state index is 11.7. The lowest BCUT2D eigenvalue weighted by molar-refractivity contribution is 0.0827. The van der Waals surface area contributed by atoms with Crippen LogP contribution in [-0.4, -0.2) is 35.6 Å². The van der Waals surface area contributed by atoms with Gasteiger partial charge in [-0.1, -0.05) is 0 Å². The van der Waals surface area contributed by atoms with Crippen molar-refractivity contribution in [1.29, 1.82) is 0 Å². The maximum absolute atomic E-state index is 11.7.